The number of carbonyl (C=O) groups is 1. The number of rotatable bonds is 3. The molecule has 6 nitrogen and oxygen atoms in total. The van der Waals surface area contributed by atoms with Crippen molar-refractivity contribution in [1.82, 2.24) is 4.98 Å². The lowest BCUT2D eigenvalue weighted by Crippen LogP contribution is -2.49. The number of carboxylic acid groups (broad SMARTS) is 1. The van der Waals surface area contributed by atoms with E-state index in [1.165, 1.54) is 6.20 Å². The van der Waals surface area contributed by atoms with Gasteiger partial charge in [-0.15, -0.1) is 0 Å². The predicted molar refractivity (Wildman–Crippen MR) is 72.4 cm³/mol. The van der Waals surface area contributed by atoms with Gasteiger partial charge in [0, 0.05) is 6.54 Å². The molecular weight excluding hydrogens is 246 g/mol. The Morgan fingerprint density at radius 1 is 1.68 bits per heavy atom. The van der Waals surface area contributed by atoms with Gasteiger partial charge < -0.3 is 20.5 Å². The summed E-state index contributed by atoms with van der Waals surface area (Å²) in [6, 6.07) is 1.76. The largest absolute Gasteiger partial charge is 0.478 e. The molecule has 3 N–H and O–H groups in total. The van der Waals surface area contributed by atoms with Crippen LogP contribution in [-0.4, -0.2) is 41.4 Å². The van der Waals surface area contributed by atoms with E-state index in [0.29, 0.717) is 19.0 Å². The van der Waals surface area contributed by atoms with Crippen LogP contribution < -0.4 is 10.6 Å². The topological polar surface area (TPSA) is 88.7 Å². The van der Waals surface area contributed by atoms with E-state index in [4.69, 9.17) is 15.6 Å². The molecule has 0 aromatic carbocycles. The highest BCUT2D eigenvalue weighted by Gasteiger charge is 2.27. The van der Waals surface area contributed by atoms with Gasteiger partial charge in [-0.25, -0.2) is 9.78 Å². The maximum atomic E-state index is 11.1. The molecule has 2 heterocycles. The van der Waals surface area contributed by atoms with Crippen LogP contribution in [0, 0.1) is 0 Å². The van der Waals surface area contributed by atoms with Crippen LogP contribution >= 0.6 is 0 Å². The maximum absolute atomic E-state index is 11.1. The van der Waals surface area contributed by atoms with Gasteiger partial charge in [-0.1, -0.05) is 6.92 Å². The molecule has 0 radical (unpaired) electrons. The number of aromatic carboxylic acids is 1. The molecule has 104 valence electrons. The summed E-state index contributed by atoms with van der Waals surface area (Å²) in [4.78, 5) is 17.5. The number of aromatic nitrogens is 1. The molecule has 0 spiro atoms. The van der Waals surface area contributed by atoms with Gasteiger partial charge in [0.1, 0.15) is 5.82 Å². The summed E-state index contributed by atoms with van der Waals surface area (Å²) in [6.45, 7) is 5.40. The van der Waals surface area contributed by atoms with Crippen LogP contribution in [0.2, 0.25) is 0 Å². The van der Waals surface area contributed by atoms with Gasteiger partial charge in [0.25, 0.3) is 0 Å². The quantitative estimate of drug-likeness (QED) is 0.858. The maximum Gasteiger partial charge on any atom is 0.337 e. The van der Waals surface area contributed by atoms with E-state index in [2.05, 4.69) is 16.8 Å². The second-order valence-corrected chi connectivity index (χ2v) is 4.79. The lowest BCUT2D eigenvalue weighted by atomic mass is 10.1. The average Bonchev–Trinajstić information content (AvgIpc) is 2.39. The highest BCUT2D eigenvalue weighted by atomic mass is 16.5. The molecule has 6 heteroatoms. The van der Waals surface area contributed by atoms with E-state index in [1.807, 2.05) is 6.92 Å². The van der Waals surface area contributed by atoms with E-state index in [9.17, 15) is 4.79 Å². The van der Waals surface area contributed by atoms with Crippen molar-refractivity contribution in [2.75, 3.05) is 23.8 Å². The molecule has 2 unspecified atom stereocenters. The SMILES string of the molecule is CCC1COC(C)CN1c1cc(C(=O)O)c(N)cn1. The Bertz CT molecular complexity index is 478. The van der Waals surface area contributed by atoms with Crippen molar-refractivity contribution < 1.29 is 14.6 Å². The minimum Gasteiger partial charge on any atom is -0.478 e. The Morgan fingerprint density at radius 2 is 2.42 bits per heavy atom. The van der Waals surface area contributed by atoms with E-state index in [0.717, 1.165) is 6.42 Å². The van der Waals surface area contributed by atoms with Crippen molar-refractivity contribution in [1.29, 1.82) is 0 Å². The van der Waals surface area contributed by atoms with Gasteiger partial charge in [0.05, 0.1) is 36.2 Å². The monoisotopic (exact) mass is 265 g/mol. The summed E-state index contributed by atoms with van der Waals surface area (Å²) in [7, 11) is 0. The molecular formula is C13H19N3O3. The number of pyridine rings is 1. The first-order chi connectivity index (χ1) is 9.02. The van der Waals surface area contributed by atoms with Crippen LogP contribution in [0.1, 0.15) is 30.6 Å². The Kier molecular flexibility index (Phi) is 3.90. The van der Waals surface area contributed by atoms with E-state index in [1.54, 1.807) is 6.07 Å². The third kappa shape index (κ3) is 2.78. The van der Waals surface area contributed by atoms with Crippen molar-refractivity contribution in [2.24, 2.45) is 0 Å². The normalized spacial score (nSPS) is 23.4. The third-order valence-electron chi connectivity index (χ3n) is 3.38. The predicted octanol–water partition coefficient (Wildman–Crippen LogP) is 1.37. The summed E-state index contributed by atoms with van der Waals surface area (Å²) in [6.07, 6.45) is 2.43. The molecule has 0 bridgehead atoms. The number of nitrogens with two attached hydrogens (primary N) is 1. The molecule has 0 aliphatic carbocycles. The van der Waals surface area contributed by atoms with Gasteiger partial charge in [0.2, 0.25) is 0 Å². The molecule has 0 saturated carbocycles. The Balaban J connectivity index is 2.33. The number of nitrogens with zero attached hydrogens (tertiary/aromatic N) is 2. The molecule has 1 aromatic heterocycles. The molecule has 0 amide bonds. The molecule has 2 rings (SSSR count). The molecule has 1 aromatic rings. The number of morpholine rings is 1. The zero-order valence-corrected chi connectivity index (χ0v) is 11.2. The number of hydrogen-bond acceptors (Lipinski definition) is 5. The van der Waals surface area contributed by atoms with Crippen LogP contribution in [0.5, 0.6) is 0 Å². The fraction of sp³-hybridized carbons (Fsp3) is 0.538. The summed E-state index contributed by atoms with van der Waals surface area (Å²) in [5.41, 5.74) is 5.91. The van der Waals surface area contributed by atoms with E-state index in [-0.39, 0.29) is 23.4 Å². The molecule has 19 heavy (non-hydrogen) atoms. The summed E-state index contributed by atoms with van der Waals surface area (Å²) >= 11 is 0. The van der Waals surface area contributed by atoms with Crippen LogP contribution in [0.3, 0.4) is 0 Å². The number of anilines is 2. The van der Waals surface area contributed by atoms with E-state index >= 15 is 0 Å². The van der Waals surface area contributed by atoms with Crippen LogP contribution in [0.15, 0.2) is 12.3 Å². The first-order valence-electron chi connectivity index (χ1n) is 6.40. The standard InChI is InChI=1S/C13H19N3O3/c1-3-9-7-19-8(2)6-16(9)12-4-10(13(17)18)11(14)5-15-12/h4-5,8-9H,3,6-7,14H2,1-2H3,(H,17,18). The van der Waals surface area contributed by atoms with Gasteiger partial charge in [-0.3, -0.25) is 0 Å². The van der Waals surface area contributed by atoms with Crippen molar-refractivity contribution in [3.05, 3.63) is 17.8 Å². The Hall–Kier alpha value is -1.82. The smallest absolute Gasteiger partial charge is 0.337 e. The third-order valence-corrected chi connectivity index (χ3v) is 3.38. The second kappa shape index (κ2) is 5.44. The van der Waals surface area contributed by atoms with Gasteiger partial charge in [-0.05, 0) is 19.4 Å². The first-order valence-corrected chi connectivity index (χ1v) is 6.40. The molecule has 1 aliphatic rings. The van der Waals surface area contributed by atoms with Crippen molar-refractivity contribution in [3.8, 4) is 0 Å². The van der Waals surface area contributed by atoms with Crippen molar-refractivity contribution in [3.63, 3.8) is 0 Å². The number of carboxylic acids is 1. The average molecular weight is 265 g/mol. The minimum absolute atomic E-state index is 0.0963. The molecule has 1 aliphatic heterocycles. The molecule has 1 fully saturated rings. The van der Waals surface area contributed by atoms with Crippen LogP contribution in [-0.2, 0) is 4.74 Å². The minimum atomic E-state index is -1.03. The lowest BCUT2D eigenvalue weighted by Gasteiger charge is -2.39. The Morgan fingerprint density at radius 3 is 3.05 bits per heavy atom. The van der Waals surface area contributed by atoms with Gasteiger partial charge >= 0.3 is 5.97 Å². The fourth-order valence-corrected chi connectivity index (χ4v) is 2.26. The van der Waals surface area contributed by atoms with Gasteiger partial charge in [-0.2, -0.15) is 0 Å². The number of ether oxygens (including phenoxy) is 1. The number of hydrogen-bond donors (Lipinski definition) is 2. The van der Waals surface area contributed by atoms with Crippen LogP contribution in [0.4, 0.5) is 11.5 Å². The summed E-state index contributed by atoms with van der Waals surface area (Å²) < 4.78 is 5.62. The second-order valence-electron chi connectivity index (χ2n) is 4.79. The first kappa shape index (κ1) is 13.6. The lowest BCUT2D eigenvalue weighted by molar-refractivity contribution is 0.0296. The Labute approximate surface area is 112 Å². The molecule has 1 saturated heterocycles. The summed E-state index contributed by atoms with van der Waals surface area (Å²) in [5.74, 6) is -0.385. The van der Waals surface area contributed by atoms with Crippen molar-refractivity contribution in [2.45, 2.75) is 32.4 Å². The fourth-order valence-electron chi connectivity index (χ4n) is 2.26. The summed E-state index contributed by atoms with van der Waals surface area (Å²) in [5, 5.41) is 9.11. The number of nitrogen functional groups attached to an aromatic ring is 1. The zero-order chi connectivity index (χ0) is 14.0. The van der Waals surface area contributed by atoms with Crippen molar-refractivity contribution >= 4 is 17.5 Å². The van der Waals surface area contributed by atoms with Gasteiger partial charge in [0.15, 0.2) is 0 Å². The highest BCUT2D eigenvalue weighted by Crippen LogP contribution is 2.24. The highest BCUT2D eigenvalue weighted by molar-refractivity contribution is 5.94. The van der Waals surface area contributed by atoms with Crippen LogP contribution in [0.25, 0.3) is 0 Å². The zero-order valence-electron chi connectivity index (χ0n) is 11.2. The molecule has 2 atom stereocenters. The van der Waals surface area contributed by atoms with E-state index < -0.39 is 5.97 Å².